The smallest absolute Gasteiger partial charge is 0.326 e. The molecule has 0 aromatic carbocycles. The zero-order chi connectivity index (χ0) is 11.7. The molecule has 2 heterocycles. The van der Waals surface area contributed by atoms with E-state index in [1.54, 1.807) is 0 Å². The summed E-state index contributed by atoms with van der Waals surface area (Å²) in [5, 5.41) is 7.68. The number of halogens is 1. The maximum Gasteiger partial charge on any atom is 0.326 e. The second-order valence-electron chi connectivity index (χ2n) is 3.67. The molecule has 1 fully saturated rings. The molecule has 86 valence electrons. The molecule has 0 spiro atoms. The highest BCUT2D eigenvalue weighted by Gasteiger charge is 2.18. The fraction of sp³-hybridized carbons (Fsp3) is 0.444. The maximum atomic E-state index is 11.4. The van der Waals surface area contributed by atoms with Gasteiger partial charge in [-0.1, -0.05) is 0 Å². The summed E-state index contributed by atoms with van der Waals surface area (Å²) in [7, 11) is 0. The van der Waals surface area contributed by atoms with Crippen LogP contribution in [0.15, 0.2) is 9.59 Å². The first kappa shape index (κ1) is 11.4. The summed E-state index contributed by atoms with van der Waals surface area (Å²) in [6.07, 6.45) is 1.73. The van der Waals surface area contributed by atoms with Gasteiger partial charge in [0, 0.05) is 13.0 Å². The van der Waals surface area contributed by atoms with E-state index < -0.39 is 5.69 Å². The summed E-state index contributed by atoms with van der Waals surface area (Å²) in [4.78, 5) is 29.1. The average molecular weight is 334 g/mol. The molecule has 0 radical (unpaired) electrons. The topological polar surface area (TPSA) is 92.8 Å². The molecule has 7 heteroatoms. The van der Waals surface area contributed by atoms with E-state index in [9.17, 15) is 9.59 Å². The molecule has 3 N–H and O–H groups in total. The summed E-state index contributed by atoms with van der Waals surface area (Å²) >= 11 is 1.90. The van der Waals surface area contributed by atoms with Crippen molar-refractivity contribution in [2.45, 2.75) is 19.4 Å². The normalized spacial score (nSPS) is 15.8. The number of aromatic amines is 2. The summed E-state index contributed by atoms with van der Waals surface area (Å²) in [6.45, 7) is 1.24. The van der Waals surface area contributed by atoms with Crippen LogP contribution in [-0.4, -0.2) is 27.2 Å². The van der Waals surface area contributed by atoms with E-state index >= 15 is 0 Å². The Balaban J connectivity index is 2.31. The SMILES string of the molecule is N=C1CCCN1Cc1[nH]c(=O)[nH]c(=O)c1I. The molecule has 2 rings (SSSR count). The van der Waals surface area contributed by atoms with Crippen LogP contribution in [0.1, 0.15) is 18.5 Å². The number of H-pyrrole nitrogens is 2. The van der Waals surface area contributed by atoms with Crippen LogP contribution in [0.5, 0.6) is 0 Å². The molecule has 6 nitrogen and oxygen atoms in total. The number of likely N-dealkylation sites (tertiary alicyclic amines) is 1. The number of amidine groups is 1. The molecule has 0 amide bonds. The highest BCUT2D eigenvalue weighted by atomic mass is 127. The summed E-state index contributed by atoms with van der Waals surface area (Å²) in [6, 6.07) is 0. The summed E-state index contributed by atoms with van der Waals surface area (Å²) < 4.78 is 0.483. The fourth-order valence-electron chi connectivity index (χ4n) is 1.72. The Hall–Kier alpha value is -1.12. The number of hydrogen-bond acceptors (Lipinski definition) is 3. The first-order valence-electron chi connectivity index (χ1n) is 4.91. The van der Waals surface area contributed by atoms with Gasteiger partial charge in [0.05, 0.1) is 21.6 Å². The largest absolute Gasteiger partial charge is 0.355 e. The van der Waals surface area contributed by atoms with E-state index in [-0.39, 0.29) is 5.56 Å². The molecule has 0 unspecified atom stereocenters. The quantitative estimate of drug-likeness (QED) is 0.677. The third-order valence-corrected chi connectivity index (χ3v) is 3.67. The number of nitrogens with one attached hydrogen (secondary N) is 3. The lowest BCUT2D eigenvalue weighted by atomic mass is 10.3. The van der Waals surface area contributed by atoms with Crippen LogP contribution in [-0.2, 0) is 6.54 Å². The average Bonchev–Trinajstić information content (AvgIpc) is 2.60. The molecule has 0 bridgehead atoms. The standard InChI is InChI=1S/C9H11IN4O2/c10-7-5(12-9(16)13-8(7)15)4-14-3-1-2-6(14)11/h11H,1-4H2,(H2,12,13,15,16). The summed E-state index contributed by atoms with van der Waals surface area (Å²) in [5.74, 6) is 0.567. The lowest BCUT2D eigenvalue weighted by Gasteiger charge is -2.17. The Labute approximate surface area is 105 Å². The van der Waals surface area contributed by atoms with Gasteiger partial charge in [-0.15, -0.1) is 0 Å². The van der Waals surface area contributed by atoms with Gasteiger partial charge in [0.1, 0.15) is 0 Å². The van der Waals surface area contributed by atoms with Gasteiger partial charge in [-0.05, 0) is 29.0 Å². The minimum absolute atomic E-state index is 0.370. The third kappa shape index (κ3) is 2.18. The van der Waals surface area contributed by atoms with E-state index in [0.717, 1.165) is 19.4 Å². The lowest BCUT2D eigenvalue weighted by molar-refractivity contribution is 0.437. The van der Waals surface area contributed by atoms with Crippen molar-refractivity contribution < 1.29 is 0 Å². The second kappa shape index (κ2) is 4.40. The highest BCUT2D eigenvalue weighted by molar-refractivity contribution is 14.1. The van der Waals surface area contributed by atoms with E-state index in [1.165, 1.54) is 0 Å². The van der Waals surface area contributed by atoms with E-state index in [1.807, 2.05) is 27.5 Å². The predicted molar refractivity (Wildman–Crippen MR) is 67.8 cm³/mol. The van der Waals surface area contributed by atoms with Gasteiger partial charge in [-0.25, -0.2) is 4.79 Å². The first-order valence-corrected chi connectivity index (χ1v) is 5.99. The maximum absolute atomic E-state index is 11.4. The monoisotopic (exact) mass is 334 g/mol. The molecule has 1 saturated heterocycles. The number of rotatable bonds is 2. The fourth-order valence-corrected chi connectivity index (χ4v) is 2.16. The van der Waals surface area contributed by atoms with Gasteiger partial charge >= 0.3 is 5.69 Å². The van der Waals surface area contributed by atoms with Crippen molar-refractivity contribution in [3.8, 4) is 0 Å². The second-order valence-corrected chi connectivity index (χ2v) is 4.75. The minimum Gasteiger partial charge on any atom is -0.355 e. The zero-order valence-electron chi connectivity index (χ0n) is 8.47. The molecule has 1 aromatic rings. The molecule has 0 atom stereocenters. The molecular weight excluding hydrogens is 323 g/mol. The van der Waals surface area contributed by atoms with Crippen molar-refractivity contribution in [3.05, 3.63) is 30.1 Å². The van der Waals surface area contributed by atoms with E-state index in [2.05, 4.69) is 9.97 Å². The summed E-state index contributed by atoms with van der Waals surface area (Å²) in [5.41, 5.74) is -0.280. The van der Waals surface area contributed by atoms with Crippen LogP contribution in [0.4, 0.5) is 0 Å². The van der Waals surface area contributed by atoms with Crippen LogP contribution in [0.3, 0.4) is 0 Å². The lowest BCUT2D eigenvalue weighted by Crippen LogP contribution is -2.31. The van der Waals surface area contributed by atoms with Crippen molar-refractivity contribution in [1.29, 1.82) is 5.41 Å². The number of nitrogens with zero attached hydrogens (tertiary/aromatic N) is 1. The molecule has 1 aliphatic heterocycles. The Morgan fingerprint density at radius 3 is 2.75 bits per heavy atom. The van der Waals surface area contributed by atoms with Crippen LogP contribution in [0.2, 0.25) is 0 Å². The van der Waals surface area contributed by atoms with Gasteiger partial charge in [-0.2, -0.15) is 0 Å². The number of hydrogen-bond donors (Lipinski definition) is 3. The zero-order valence-corrected chi connectivity index (χ0v) is 10.6. The van der Waals surface area contributed by atoms with Gasteiger partial charge in [0.15, 0.2) is 0 Å². The Bertz CT molecular complexity index is 533. The minimum atomic E-state index is -0.494. The molecule has 16 heavy (non-hydrogen) atoms. The van der Waals surface area contributed by atoms with Gasteiger partial charge < -0.3 is 9.88 Å². The van der Waals surface area contributed by atoms with Crippen molar-refractivity contribution in [2.24, 2.45) is 0 Å². The van der Waals surface area contributed by atoms with Gasteiger partial charge in [0.25, 0.3) is 5.56 Å². The molecule has 1 aromatic heterocycles. The van der Waals surface area contributed by atoms with Crippen LogP contribution < -0.4 is 11.2 Å². The van der Waals surface area contributed by atoms with Crippen LogP contribution in [0.25, 0.3) is 0 Å². The van der Waals surface area contributed by atoms with Crippen LogP contribution >= 0.6 is 22.6 Å². The Morgan fingerprint density at radius 1 is 1.38 bits per heavy atom. The molecule has 0 aliphatic carbocycles. The highest BCUT2D eigenvalue weighted by Crippen LogP contribution is 2.14. The van der Waals surface area contributed by atoms with Crippen molar-refractivity contribution in [1.82, 2.24) is 14.9 Å². The van der Waals surface area contributed by atoms with E-state index in [0.29, 0.717) is 21.6 Å². The van der Waals surface area contributed by atoms with Gasteiger partial charge in [0.2, 0.25) is 0 Å². The van der Waals surface area contributed by atoms with Crippen molar-refractivity contribution >= 4 is 28.4 Å². The Kier molecular flexibility index (Phi) is 3.13. The molecule has 1 aliphatic rings. The van der Waals surface area contributed by atoms with Crippen LogP contribution in [0, 0.1) is 8.98 Å². The third-order valence-electron chi connectivity index (χ3n) is 2.53. The van der Waals surface area contributed by atoms with Crippen molar-refractivity contribution in [3.63, 3.8) is 0 Å². The Morgan fingerprint density at radius 2 is 2.12 bits per heavy atom. The van der Waals surface area contributed by atoms with E-state index in [4.69, 9.17) is 5.41 Å². The number of aromatic nitrogens is 2. The molecular formula is C9H11IN4O2. The predicted octanol–water partition coefficient (Wildman–Crippen LogP) is 0.241. The van der Waals surface area contributed by atoms with Gasteiger partial charge in [-0.3, -0.25) is 15.2 Å². The molecule has 0 saturated carbocycles. The first-order chi connectivity index (χ1) is 7.58. The van der Waals surface area contributed by atoms with Crippen molar-refractivity contribution in [2.75, 3.05) is 6.54 Å².